The van der Waals surface area contributed by atoms with Gasteiger partial charge in [0.1, 0.15) is 5.15 Å². The highest BCUT2D eigenvalue weighted by atomic mass is 35.5. The maximum Gasteiger partial charge on any atom is 0.401 e. The second kappa shape index (κ2) is 5.88. The molecule has 0 unspecified atom stereocenters. The molecule has 0 bridgehead atoms. The van der Waals surface area contributed by atoms with Crippen molar-refractivity contribution in [3.63, 3.8) is 0 Å². The zero-order valence-electron chi connectivity index (χ0n) is 5.24. The van der Waals surface area contributed by atoms with Gasteiger partial charge in [0.25, 0.3) is 0 Å². The summed E-state index contributed by atoms with van der Waals surface area (Å²) in [6, 6.07) is 0. The number of carbonyl (C=O) groups is 1. The van der Waals surface area contributed by atoms with Crippen molar-refractivity contribution in [1.29, 1.82) is 0 Å². The van der Waals surface area contributed by atoms with Gasteiger partial charge in [-0.05, 0) is 0 Å². The second-order valence-electron chi connectivity index (χ2n) is 1.28. The SMILES string of the molecule is Clc1cnccn1.O=C(O)Cl. The largest absolute Gasteiger partial charge is 0.469 e. The standard InChI is InChI=1S/C4H3ClN2.CHClO2/c5-4-3-6-1-2-7-4;2-1(3)4/h1-3H;(H,3,4). The van der Waals surface area contributed by atoms with E-state index in [4.69, 9.17) is 21.5 Å². The quantitative estimate of drug-likeness (QED) is 0.643. The Labute approximate surface area is 72.8 Å². The van der Waals surface area contributed by atoms with Gasteiger partial charge in [0.05, 0.1) is 6.20 Å². The lowest BCUT2D eigenvalue weighted by Gasteiger charge is -1.79. The predicted octanol–water partition coefficient (Wildman–Crippen LogP) is 2.03. The zero-order chi connectivity index (χ0) is 8.69. The van der Waals surface area contributed by atoms with Crippen molar-refractivity contribution < 1.29 is 9.90 Å². The summed E-state index contributed by atoms with van der Waals surface area (Å²) >= 11 is 9.56. The molecule has 0 aromatic carbocycles. The Balaban J connectivity index is 0.000000218. The van der Waals surface area contributed by atoms with E-state index in [1.165, 1.54) is 6.20 Å². The van der Waals surface area contributed by atoms with Crippen molar-refractivity contribution >= 4 is 28.6 Å². The number of aromatic nitrogens is 2. The molecule has 4 nitrogen and oxygen atoms in total. The Hall–Kier alpha value is -0.870. The molecule has 0 radical (unpaired) electrons. The normalized spacial score (nSPS) is 7.82. The van der Waals surface area contributed by atoms with Gasteiger partial charge in [-0.1, -0.05) is 11.6 Å². The van der Waals surface area contributed by atoms with E-state index < -0.39 is 5.43 Å². The molecule has 11 heavy (non-hydrogen) atoms. The van der Waals surface area contributed by atoms with E-state index in [-0.39, 0.29) is 0 Å². The third kappa shape index (κ3) is 9.13. The van der Waals surface area contributed by atoms with E-state index in [1.54, 1.807) is 12.4 Å². The minimum absolute atomic E-state index is 0.433. The van der Waals surface area contributed by atoms with Gasteiger partial charge in [-0.2, -0.15) is 0 Å². The summed E-state index contributed by atoms with van der Waals surface area (Å²) in [5, 5.41) is 7.61. The highest BCUT2D eigenvalue weighted by Gasteiger charge is 1.77. The van der Waals surface area contributed by atoms with Gasteiger partial charge in [0.15, 0.2) is 0 Å². The number of nitrogens with zero attached hydrogens (tertiary/aromatic N) is 2. The van der Waals surface area contributed by atoms with Crippen LogP contribution in [-0.4, -0.2) is 20.5 Å². The average molecular weight is 195 g/mol. The van der Waals surface area contributed by atoms with Crippen molar-refractivity contribution in [2.24, 2.45) is 0 Å². The Morgan fingerprint density at radius 3 is 2.27 bits per heavy atom. The molecule has 0 atom stereocenters. The highest BCUT2D eigenvalue weighted by molar-refractivity contribution is 6.60. The van der Waals surface area contributed by atoms with Crippen LogP contribution in [0.3, 0.4) is 0 Å². The van der Waals surface area contributed by atoms with Crippen molar-refractivity contribution in [3.8, 4) is 0 Å². The lowest BCUT2D eigenvalue weighted by atomic mass is 10.8. The van der Waals surface area contributed by atoms with Gasteiger partial charge in [0, 0.05) is 24.0 Å². The summed E-state index contributed by atoms with van der Waals surface area (Å²) in [5.41, 5.74) is -1.36. The van der Waals surface area contributed by atoms with Crippen LogP contribution in [-0.2, 0) is 0 Å². The zero-order valence-corrected chi connectivity index (χ0v) is 6.75. The number of hydrogen-bond acceptors (Lipinski definition) is 3. The van der Waals surface area contributed by atoms with E-state index in [1.807, 2.05) is 0 Å². The molecule has 0 saturated heterocycles. The molecule has 1 aromatic rings. The van der Waals surface area contributed by atoms with E-state index >= 15 is 0 Å². The Kier molecular flexibility index (Phi) is 5.42. The molecule has 1 N–H and O–H groups in total. The third-order valence-corrected chi connectivity index (χ3v) is 0.727. The van der Waals surface area contributed by atoms with E-state index in [9.17, 15) is 0 Å². The minimum atomic E-state index is -1.36. The first kappa shape index (κ1) is 10.1. The van der Waals surface area contributed by atoms with Crippen molar-refractivity contribution in [2.75, 3.05) is 0 Å². The molecule has 1 rings (SSSR count). The van der Waals surface area contributed by atoms with Crippen LogP contribution in [0.1, 0.15) is 0 Å². The topological polar surface area (TPSA) is 63.1 Å². The minimum Gasteiger partial charge on any atom is -0.469 e. The Morgan fingerprint density at radius 1 is 1.55 bits per heavy atom. The first-order valence-electron chi connectivity index (χ1n) is 2.43. The van der Waals surface area contributed by atoms with E-state index in [0.717, 1.165) is 0 Å². The van der Waals surface area contributed by atoms with Gasteiger partial charge >= 0.3 is 5.43 Å². The summed E-state index contributed by atoms with van der Waals surface area (Å²) < 4.78 is 0. The molecule has 0 spiro atoms. The summed E-state index contributed by atoms with van der Waals surface area (Å²) in [6.45, 7) is 0. The molecule has 0 aliphatic carbocycles. The number of rotatable bonds is 0. The molecular weight excluding hydrogens is 191 g/mol. The van der Waals surface area contributed by atoms with E-state index in [0.29, 0.717) is 5.15 Å². The molecular formula is C5H4Cl2N2O2. The van der Waals surface area contributed by atoms with Gasteiger partial charge in [-0.25, -0.2) is 9.78 Å². The molecule has 0 saturated carbocycles. The molecule has 6 heteroatoms. The van der Waals surface area contributed by atoms with Crippen LogP contribution in [0.4, 0.5) is 4.79 Å². The molecule has 1 aromatic heterocycles. The van der Waals surface area contributed by atoms with Gasteiger partial charge in [-0.15, -0.1) is 0 Å². The van der Waals surface area contributed by atoms with Crippen LogP contribution in [0.25, 0.3) is 0 Å². The van der Waals surface area contributed by atoms with Gasteiger partial charge in [0.2, 0.25) is 0 Å². The molecule has 1 heterocycles. The first-order valence-corrected chi connectivity index (χ1v) is 3.18. The van der Waals surface area contributed by atoms with Crippen molar-refractivity contribution in [3.05, 3.63) is 23.7 Å². The van der Waals surface area contributed by atoms with Crippen LogP contribution in [0, 0.1) is 0 Å². The predicted molar refractivity (Wildman–Crippen MR) is 40.9 cm³/mol. The van der Waals surface area contributed by atoms with Crippen molar-refractivity contribution in [1.82, 2.24) is 9.97 Å². The summed E-state index contributed by atoms with van der Waals surface area (Å²) in [7, 11) is 0. The molecule has 0 amide bonds. The highest BCUT2D eigenvalue weighted by Crippen LogP contribution is 1.95. The third-order valence-electron chi connectivity index (χ3n) is 0.532. The second-order valence-corrected chi connectivity index (χ2v) is 1.99. The smallest absolute Gasteiger partial charge is 0.401 e. The average Bonchev–Trinajstić information content (AvgIpc) is 1.87. The summed E-state index contributed by atoms with van der Waals surface area (Å²) in [4.78, 5) is 16.1. The number of halogens is 2. The molecule has 0 aliphatic rings. The maximum absolute atomic E-state index is 8.77. The van der Waals surface area contributed by atoms with Crippen LogP contribution < -0.4 is 0 Å². The number of carboxylic acid groups (broad SMARTS) is 1. The first-order chi connectivity index (χ1) is 5.13. The van der Waals surface area contributed by atoms with Crippen LogP contribution in [0.5, 0.6) is 0 Å². The van der Waals surface area contributed by atoms with Gasteiger partial charge < -0.3 is 5.11 Å². The fourth-order valence-electron chi connectivity index (χ4n) is 0.281. The fourth-order valence-corrected chi connectivity index (χ4v) is 0.394. The summed E-state index contributed by atoms with van der Waals surface area (Å²) in [5.74, 6) is 0. The summed E-state index contributed by atoms with van der Waals surface area (Å²) in [6.07, 6.45) is 4.61. The Bertz CT molecular complexity index is 213. The molecule has 0 fully saturated rings. The molecule has 0 aliphatic heterocycles. The Morgan fingerprint density at radius 2 is 2.09 bits per heavy atom. The lowest BCUT2D eigenvalue weighted by molar-refractivity contribution is 0.220. The molecule has 60 valence electrons. The lowest BCUT2D eigenvalue weighted by Crippen LogP contribution is -1.71. The van der Waals surface area contributed by atoms with E-state index in [2.05, 4.69) is 21.6 Å². The fraction of sp³-hybridized carbons (Fsp3) is 0. The monoisotopic (exact) mass is 194 g/mol. The number of hydrogen-bond donors (Lipinski definition) is 1. The van der Waals surface area contributed by atoms with Crippen LogP contribution >= 0.6 is 23.2 Å². The van der Waals surface area contributed by atoms with Crippen LogP contribution in [0.2, 0.25) is 5.15 Å². The van der Waals surface area contributed by atoms with Crippen molar-refractivity contribution in [2.45, 2.75) is 0 Å². The maximum atomic E-state index is 8.77. The van der Waals surface area contributed by atoms with Crippen LogP contribution in [0.15, 0.2) is 18.6 Å². The van der Waals surface area contributed by atoms with Gasteiger partial charge in [-0.3, -0.25) is 4.98 Å².